The summed E-state index contributed by atoms with van der Waals surface area (Å²) in [5.74, 6) is 2.27. The van der Waals surface area contributed by atoms with Gasteiger partial charge in [0.2, 0.25) is 12.2 Å². The van der Waals surface area contributed by atoms with E-state index in [2.05, 4.69) is 25.8 Å². The summed E-state index contributed by atoms with van der Waals surface area (Å²) in [6.07, 6.45) is 0.992. The van der Waals surface area contributed by atoms with Gasteiger partial charge in [-0.2, -0.15) is 0 Å². The molecule has 1 aliphatic rings. The van der Waals surface area contributed by atoms with E-state index < -0.39 is 6.23 Å². The number of hydrogen-bond donors (Lipinski definition) is 2. The lowest BCUT2D eigenvalue weighted by molar-refractivity contribution is 0.00735. The fourth-order valence-electron chi connectivity index (χ4n) is 2.90. The van der Waals surface area contributed by atoms with Gasteiger partial charge in [-0.15, -0.1) is 0 Å². The highest BCUT2D eigenvalue weighted by molar-refractivity contribution is 6.42. The number of hydrogen-bond acceptors (Lipinski definition) is 9. The average molecular weight is 463 g/mol. The van der Waals surface area contributed by atoms with Gasteiger partial charge in [-0.3, -0.25) is 0 Å². The Kier molecular flexibility index (Phi) is 6.17. The summed E-state index contributed by atoms with van der Waals surface area (Å²) in [7, 11) is 5.31. The van der Waals surface area contributed by atoms with Crippen molar-refractivity contribution in [2.75, 3.05) is 33.1 Å². The maximum Gasteiger partial charge on any atom is 0.220 e. The van der Waals surface area contributed by atoms with Gasteiger partial charge in [-0.1, -0.05) is 23.2 Å². The van der Waals surface area contributed by atoms with Crippen LogP contribution in [0.25, 0.3) is 10.9 Å². The molecular weight excluding hydrogens is 443 g/mol. The van der Waals surface area contributed by atoms with E-state index in [1.165, 1.54) is 6.33 Å². The Morgan fingerprint density at radius 2 is 1.97 bits per heavy atom. The maximum atomic E-state index is 6.11. The van der Waals surface area contributed by atoms with Crippen LogP contribution in [-0.4, -0.2) is 54.9 Å². The Morgan fingerprint density at radius 1 is 1.13 bits per heavy atom. The van der Waals surface area contributed by atoms with E-state index in [0.717, 1.165) is 11.1 Å². The summed E-state index contributed by atoms with van der Waals surface area (Å²) in [6, 6.07) is 8.85. The normalized spacial score (nSPS) is 15.4. The number of methoxy groups -OCH3 is 1. The van der Waals surface area contributed by atoms with Crippen LogP contribution in [0.4, 0.5) is 11.5 Å². The molecule has 0 fully saturated rings. The highest BCUT2D eigenvalue weighted by atomic mass is 35.5. The molecule has 0 aliphatic carbocycles. The zero-order valence-electron chi connectivity index (χ0n) is 17.0. The number of hydroxylamine groups is 1. The molecule has 0 saturated heterocycles. The first-order valence-electron chi connectivity index (χ1n) is 9.29. The van der Waals surface area contributed by atoms with Gasteiger partial charge < -0.3 is 19.7 Å². The average Bonchev–Trinajstić information content (AvgIpc) is 3.24. The lowest BCUT2D eigenvalue weighted by Gasteiger charge is -2.15. The molecule has 9 nitrogen and oxygen atoms in total. The van der Waals surface area contributed by atoms with Gasteiger partial charge in [-0.05, 0) is 24.3 Å². The van der Waals surface area contributed by atoms with Crippen LogP contribution in [0.2, 0.25) is 10.0 Å². The topological polar surface area (TPSA) is 93.1 Å². The van der Waals surface area contributed by atoms with Crippen LogP contribution in [0.3, 0.4) is 0 Å². The molecular formula is C20H20Cl2N6O3. The molecule has 0 spiro atoms. The number of halogens is 2. The molecule has 162 valence electrons. The lowest BCUT2D eigenvalue weighted by atomic mass is 10.2. The molecule has 2 N–H and O–H groups in total. The third kappa shape index (κ3) is 4.68. The molecule has 0 radical (unpaired) electrons. The number of nitrogens with zero attached hydrogens (tertiary/aromatic N) is 4. The Balaban J connectivity index is 1.58. The summed E-state index contributed by atoms with van der Waals surface area (Å²) in [5, 5.41) is 4.92. The van der Waals surface area contributed by atoms with E-state index in [0.29, 0.717) is 38.8 Å². The van der Waals surface area contributed by atoms with Crippen LogP contribution in [-0.2, 0) is 4.84 Å². The van der Waals surface area contributed by atoms with Gasteiger partial charge in [0.1, 0.15) is 18.8 Å². The van der Waals surface area contributed by atoms with Gasteiger partial charge in [0.15, 0.2) is 11.5 Å². The zero-order valence-corrected chi connectivity index (χ0v) is 18.5. The summed E-state index contributed by atoms with van der Waals surface area (Å²) >= 11 is 12.1. The minimum absolute atomic E-state index is 0.200. The molecule has 1 unspecified atom stereocenters. The molecule has 1 aromatic heterocycles. The zero-order chi connectivity index (χ0) is 22.0. The third-order valence-electron chi connectivity index (χ3n) is 4.46. The second kappa shape index (κ2) is 9.01. The van der Waals surface area contributed by atoms with Gasteiger partial charge in [0.05, 0.1) is 22.7 Å². The van der Waals surface area contributed by atoms with Crippen LogP contribution in [0.1, 0.15) is 0 Å². The van der Waals surface area contributed by atoms with Crippen molar-refractivity contribution in [3.8, 4) is 11.5 Å². The maximum absolute atomic E-state index is 6.11. The number of ether oxygens (including phenoxy) is 2. The third-order valence-corrected chi connectivity index (χ3v) is 5.20. The Hall–Kier alpha value is -3.01. The van der Waals surface area contributed by atoms with Crippen LogP contribution in [0.5, 0.6) is 11.5 Å². The molecule has 1 aliphatic heterocycles. The number of guanidine groups is 1. The van der Waals surface area contributed by atoms with E-state index in [4.69, 9.17) is 37.5 Å². The van der Waals surface area contributed by atoms with Crippen LogP contribution in [0, 0.1) is 0 Å². The van der Waals surface area contributed by atoms with Crippen molar-refractivity contribution in [1.29, 1.82) is 0 Å². The molecule has 31 heavy (non-hydrogen) atoms. The molecule has 11 heteroatoms. The van der Waals surface area contributed by atoms with Crippen molar-refractivity contribution in [2.45, 2.75) is 6.23 Å². The second-order valence-electron chi connectivity index (χ2n) is 6.83. The number of anilines is 2. The predicted octanol–water partition coefficient (Wildman–Crippen LogP) is 3.85. The van der Waals surface area contributed by atoms with E-state index in [1.807, 2.05) is 31.1 Å². The molecule has 1 atom stereocenters. The Labute approximate surface area is 188 Å². The SMILES string of the molecule is COc1cc2c(Nc3ccc(Cl)c(Cl)c3)ncnc2cc1OCC1N=C(N(C)C)NO1. The van der Waals surface area contributed by atoms with Crippen molar-refractivity contribution in [2.24, 2.45) is 4.99 Å². The van der Waals surface area contributed by atoms with Gasteiger partial charge in [-0.25, -0.2) is 25.3 Å². The quantitative estimate of drug-likeness (QED) is 0.570. The van der Waals surface area contributed by atoms with Crippen molar-refractivity contribution < 1.29 is 14.3 Å². The number of nitrogens with one attached hydrogen (secondary N) is 2. The molecule has 3 aromatic rings. The number of fused-ring (bicyclic) bond motifs is 1. The van der Waals surface area contributed by atoms with E-state index in [1.54, 1.807) is 25.3 Å². The Morgan fingerprint density at radius 3 is 2.68 bits per heavy atom. The number of benzene rings is 2. The fourth-order valence-corrected chi connectivity index (χ4v) is 3.19. The first kappa shape index (κ1) is 21.2. The largest absolute Gasteiger partial charge is 0.493 e. The standard InChI is InChI=1S/C20H20Cl2N6O3/c1-28(2)20-26-18(31-27-20)9-30-17-8-15-12(7-16(17)29-3)19(24-10-23-15)25-11-4-5-13(21)14(22)6-11/h4-8,10,18H,9H2,1-3H3,(H,26,27)(H,23,24,25). The lowest BCUT2D eigenvalue weighted by Crippen LogP contribution is -2.32. The smallest absolute Gasteiger partial charge is 0.220 e. The summed E-state index contributed by atoms with van der Waals surface area (Å²) in [5.41, 5.74) is 4.18. The van der Waals surface area contributed by atoms with Crippen molar-refractivity contribution in [1.82, 2.24) is 20.3 Å². The van der Waals surface area contributed by atoms with Gasteiger partial charge in [0.25, 0.3) is 0 Å². The molecule has 2 aromatic carbocycles. The van der Waals surface area contributed by atoms with Gasteiger partial charge >= 0.3 is 0 Å². The highest BCUT2D eigenvalue weighted by Crippen LogP contribution is 2.35. The van der Waals surface area contributed by atoms with Crippen LogP contribution < -0.4 is 20.3 Å². The van der Waals surface area contributed by atoms with Crippen LogP contribution >= 0.6 is 23.2 Å². The second-order valence-corrected chi connectivity index (χ2v) is 7.64. The summed E-state index contributed by atoms with van der Waals surface area (Å²) in [6.45, 7) is 0.200. The summed E-state index contributed by atoms with van der Waals surface area (Å²) < 4.78 is 11.4. The minimum atomic E-state index is -0.477. The van der Waals surface area contributed by atoms with Crippen LogP contribution in [0.15, 0.2) is 41.7 Å². The number of aromatic nitrogens is 2. The summed E-state index contributed by atoms with van der Waals surface area (Å²) in [4.78, 5) is 20.3. The van der Waals surface area contributed by atoms with E-state index >= 15 is 0 Å². The van der Waals surface area contributed by atoms with Gasteiger partial charge in [0, 0.05) is 31.2 Å². The first-order chi connectivity index (χ1) is 14.9. The molecule has 0 amide bonds. The van der Waals surface area contributed by atoms with E-state index in [-0.39, 0.29) is 6.61 Å². The van der Waals surface area contributed by atoms with Crippen molar-refractivity contribution in [3.05, 3.63) is 46.7 Å². The minimum Gasteiger partial charge on any atom is -0.493 e. The number of rotatable bonds is 6. The van der Waals surface area contributed by atoms with E-state index in [9.17, 15) is 0 Å². The Bertz CT molecular complexity index is 1140. The molecule has 4 rings (SSSR count). The molecule has 2 heterocycles. The van der Waals surface area contributed by atoms with Crippen molar-refractivity contribution >= 4 is 51.6 Å². The fraction of sp³-hybridized carbons (Fsp3) is 0.250. The number of aliphatic imine (C=N–C) groups is 1. The van der Waals surface area contributed by atoms with Crippen molar-refractivity contribution in [3.63, 3.8) is 0 Å². The monoisotopic (exact) mass is 462 g/mol. The molecule has 0 saturated carbocycles. The predicted molar refractivity (Wildman–Crippen MR) is 120 cm³/mol. The molecule has 0 bridgehead atoms. The first-order valence-corrected chi connectivity index (χ1v) is 10.0. The highest BCUT2D eigenvalue weighted by Gasteiger charge is 2.21.